The molecule has 14 heavy (non-hydrogen) atoms. The molecule has 78 valence electrons. The van der Waals surface area contributed by atoms with Crippen LogP contribution in [0.25, 0.3) is 0 Å². The Morgan fingerprint density at radius 2 is 1.71 bits per heavy atom. The molecular weight excluding hydrogens is 292 g/mol. The summed E-state index contributed by atoms with van der Waals surface area (Å²) in [6.45, 7) is 0. The maximum atomic E-state index is 13.3. The highest BCUT2D eigenvalue weighted by molar-refractivity contribution is 6.67. The van der Waals surface area contributed by atoms with E-state index in [2.05, 4.69) is 0 Å². The van der Waals surface area contributed by atoms with Gasteiger partial charge in [-0.25, -0.2) is 4.39 Å². The second kappa shape index (κ2) is 4.63. The minimum atomic E-state index is -1.87. The molecule has 0 aliphatic rings. The van der Waals surface area contributed by atoms with Crippen LogP contribution in [0.1, 0.15) is 16.0 Å². The standard InChI is InChI=1S/C8H4Cl5F/c9-7(10)4-2-1-3-5(14)6(4)8(11,12)13/h1-3,7H. The molecule has 0 aliphatic heterocycles. The lowest BCUT2D eigenvalue weighted by Gasteiger charge is -2.17. The summed E-state index contributed by atoms with van der Waals surface area (Å²) in [7, 11) is 0. The SMILES string of the molecule is Fc1cccc(C(Cl)Cl)c1C(Cl)(Cl)Cl. The van der Waals surface area contributed by atoms with E-state index >= 15 is 0 Å². The van der Waals surface area contributed by atoms with E-state index in [-0.39, 0.29) is 11.1 Å². The minimum Gasteiger partial charge on any atom is -0.207 e. The van der Waals surface area contributed by atoms with E-state index in [4.69, 9.17) is 58.0 Å². The van der Waals surface area contributed by atoms with Crippen LogP contribution in [0.5, 0.6) is 0 Å². The Balaban J connectivity index is 3.38. The second-order valence-corrected chi connectivity index (χ2v) is 5.88. The number of halogens is 6. The van der Waals surface area contributed by atoms with Crippen molar-refractivity contribution in [3.8, 4) is 0 Å². The fraction of sp³-hybridized carbons (Fsp3) is 0.250. The van der Waals surface area contributed by atoms with E-state index in [9.17, 15) is 4.39 Å². The Kier molecular flexibility index (Phi) is 4.19. The van der Waals surface area contributed by atoms with Gasteiger partial charge in [0.1, 0.15) is 10.7 Å². The van der Waals surface area contributed by atoms with E-state index in [1.807, 2.05) is 0 Å². The van der Waals surface area contributed by atoms with Crippen molar-refractivity contribution in [1.82, 2.24) is 0 Å². The van der Waals surface area contributed by atoms with Gasteiger partial charge in [0.25, 0.3) is 0 Å². The molecule has 0 spiro atoms. The molecule has 0 N–H and O–H groups in total. The number of hydrogen-bond donors (Lipinski definition) is 0. The zero-order chi connectivity index (χ0) is 10.9. The Morgan fingerprint density at radius 1 is 1.14 bits per heavy atom. The molecule has 0 amide bonds. The lowest BCUT2D eigenvalue weighted by atomic mass is 10.1. The number of benzene rings is 1. The van der Waals surface area contributed by atoms with Gasteiger partial charge in [0.2, 0.25) is 3.79 Å². The van der Waals surface area contributed by atoms with Crippen molar-refractivity contribution < 1.29 is 4.39 Å². The zero-order valence-corrected chi connectivity index (χ0v) is 10.4. The second-order valence-electron chi connectivity index (χ2n) is 2.50. The topological polar surface area (TPSA) is 0 Å². The van der Waals surface area contributed by atoms with Crippen LogP contribution in [0.2, 0.25) is 0 Å². The van der Waals surface area contributed by atoms with Gasteiger partial charge in [-0.05, 0) is 11.6 Å². The van der Waals surface area contributed by atoms with E-state index in [1.165, 1.54) is 18.2 Å². The van der Waals surface area contributed by atoms with Crippen molar-refractivity contribution in [3.05, 3.63) is 35.1 Å². The van der Waals surface area contributed by atoms with Gasteiger partial charge < -0.3 is 0 Å². The third-order valence-corrected chi connectivity index (χ3v) is 2.60. The van der Waals surface area contributed by atoms with E-state index in [0.717, 1.165) is 0 Å². The maximum Gasteiger partial charge on any atom is 0.219 e. The highest BCUT2D eigenvalue weighted by Gasteiger charge is 2.31. The van der Waals surface area contributed by atoms with Gasteiger partial charge in [0, 0.05) is 5.56 Å². The highest BCUT2D eigenvalue weighted by atomic mass is 35.6. The molecule has 1 aromatic carbocycles. The maximum absolute atomic E-state index is 13.3. The van der Waals surface area contributed by atoms with Crippen molar-refractivity contribution in [1.29, 1.82) is 0 Å². The molecule has 0 atom stereocenters. The fourth-order valence-electron chi connectivity index (χ4n) is 1.02. The Morgan fingerprint density at radius 3 is 2.07 bits per heavy atom. The first-order valence-corrected chi connectivity index (χ1v) is 5.48. The molecule has 0 saturated heterocycles. The van der Waals surface area contributed by atoms with Gasteiger partial charge in [-0.3, -0.25) is 0 Å². The number of hydrogen-bond acceptors (Lipinski definition) is 0. The third kappa shape index (κ3) is 2.80. The molecule has 0 bridgehead atoms. The first kappa shape index (κ1) is 12.7. The molecule has 0 saturated carbocycles. The first-order chi connectivity index (χ1) is 6.34. The Bertz CT molecular complexity index is 331. The molecular formula is C8H4Cl5F. The summed E-state index contributed by atoms with van der Waals surface area (Å²) in [5, 5.41) is 0. The van der Waals surface area contributed by atoms with Crippen LogP contribution >= 0.6 is 58.0 Å². The number of alkyl halides is 5. The molecule has 1 rings (SSSR count). The first-order valence-electron chi connectivity index (χ1n) is 3.48. The average molecular weight is 296 g/mol. The summed E-state index contributed by atoms with van der Waals surface area (Å²) in [6, 6.07) is 4.13. The zero-order valence-electron chi connectivity index (χ0n) is 6.58. The van der Waals surface area contributed by atoms with E-state index < -0.39 is 14.4 Å². The van der Waals surface area contributed by atoms with Crippen molar-refractivity contribution in [2.75, 3.05) is 0 Å². The van der Waals surface area contributed by atoms with Crippen LogP contribution < -0.4 is 0 Å². The van der Waals surface area contributed by atoms with Gasteiger partial charge in [0.05, 0.1) is 0 Å². The normalized spacial score (nSPS) is 12.2. The van der Waals surface area contributed by atoms with Gasteiger partial charge in [-0.1, -0.05) is 46.9 Å². The minimum absolute atomic E-state index is 0.111. The lowest BCUT2D eigenvalue weighted by molar-refractivity contribution is 0.610. The van der Waals surface area contributed by atoms with Crippen LogP contribution in [0, 0.1) is 5.82 Å². The quantitative estimate of drug-likeness (QED) is 0.630. The van der Waals surface area contributed by atoms with Crippen LogP contribution in [0.15, 0.2) is 18.2 Å². The van der Waals surface area contributed by atoms with Gasteiger partial charge in [-0.15, -0.1) is 23.2 Å². The average Bonchev–Trinajstić information content (AvgIpc) is 2.01. The van der Waals surface area contributed by atoms with Crippen LogP contribution in [-0.4, -0.2) is 0 Å². The molecule has 0 nitrogen and oxygen atoms in total. The summed E-state index contributed by atoms with van der Waals surface area (Å²) >= 11 is 28.0. The van der Waals surface area contributed by atoms with Gasteiger partial charge >= 0.3 is 0 Å². The summed E-state index contributed by atoms with van der Waals surface area (Å²) in [4.78, 5) is -0.934. The molecule has 1 aromatic rings. The van der Waals surface area contributed by atoms with Crippen molar-refractivity contribution >= 4 is 58.0 Å². The summed E-state index contributed by atoms with van der Waals surface area (Å²) < 4.78 is 11.5. The van der Waals surface area contributed by atoms with Crippen molar-refractivity contribution in [2.45, 2.75) is 8.63 Å². The molecule has 0 heterocycles. The summed E-state index contributed by atoms with van der Waals surface area (Å²) in [5.41, 5.74) is 0.147. The van der Waals surface area contributed by atoms with Crippen molar-refractivity contribution in [3.63, 3.8) is 0 Å². The van der Waals surface area contributed by atoms with E-state index in [1.54, 1.807) is 0 Å². The Labute approximate surface area is 106 Å². The molecule has 0 aliphatic carbocycles. The molecule has 0 radical (unpaired) electrons. The summed E-state index contributed by atoms with van der Waals surface area (Å²) in [5.74, 6) is -0.645. The predicted molar refractivity (Wildman–Crippen MR) is 60.1 cm³/mol. The number of rotatable bonds is 1. The highest BCUT2D eigenvalue weighted by Crippen LogP contribution is 2.44. The van der Waals surface area contributed by atoms with E-state index in [0.29, 0.717) is 0 Å². The smallest absolute Gasteiger partial charge is 0.207 e. The molecule has 0 fully saturated rings. The summed E-state index contributed by atoms with van der Waals surface area (Å²) in [6.07, 6.45) is 0. The van der Waals surface area contributed by atoms with Crippen LogP contribution in [-0.2, 0) is 3.79 Å². The lowest BCUT2D eigenvalue weighted by Crippen LogP contribution is -2.08. The van der Waals surface area contributed by atoms with Crippen LogP contribution in [0.4, 0.5) is 4.39 Å². The van der Waals surface area contributed by atoms with Gasteiger partial charge in [-0.2, -0.15) is 0 Å². The van der Waals surface area contributed by atoms with Crippen LogP contribution in [0.3, 0.4) is 0 Å². The molecule has 0 unspecified atom stereocenters. The van der Waals surface area contributed by atoms with Crippen molar-refractivity contribution in [2.24, 2.45) is 0 Å². The Hall–Kier alpha value is 0.600. The largest absolute Gasteiger partial charge is 0.219 e. The fourth-order valence-corrected chi connectivity index (χ4v) is 1.98. The third-order valence-electron chi connectivity index (χ3n) is 1.56. The van der Waals surface area contributed by atoms with Gasteiger partial charge in [0.15, 0.2) is 0 Å². The monoisotopic (exact) mass is 294 g/mol. The predicted octanol–water partition coefficient (Wildman–Crippen LogP) is 5.13. The molecule has 0 aromatic heterocycles. The molecule has 6 heteroatoms.